The number of aromatic nitrogens is 1. The van der Waals surface area contributed by atoms with Gasteiger partial charge in [-0.05, 0) is 25.0 Å². The maximum atomic E-state index is 9.02. The standard InChI is InChI=1S/C16H21NO2S2/c1-3-19-12(2)16-17-15(11-21-16)10-20-9-14-6-4-13(8-18)5-7-14/h4-7,11-12,18H,3,8-10H2,1-2H3. The smallest absolute Gasteiger partial charge is 0.122 e. The van der Waals surface area contributed by atoms with Gasteiger partial charge in [0.1, 0.15) is 11.1 Å². The summed E-state index contributed by atoms with van der Waals surface area (Å²) in [5, 5.41) is 12.2. The van der Waals surface area contributed by atoms with E-state index in [0.717, 1.165) is 27.8 Å². The van der Waals surface area contributed by atoms with Gasteiger partial charge in [-0.3, -0.25) is 0 Å². The van der Waals surface area contributed by atoms with Gasteiger partial charge in [0.25, 0.3) is 0 Å². The SMILES string of the molecule is CCOC(C)c1nc(CSCc2ccc(CO)cc2)cs1. The fraction of sp³-hybridized carbons (Fsp3) is 0.438. The first-order valence-electron chi connectivity index (χ1n) is 7.05. The summed E-state index contributed by atoms with van der Waals surface area (Å²) in [6.07, 6.45) is 0.0878. The van der Waals surface area contributed by atoms with Crippen LogP contribution >= 0.6 is 23.1 Å². The van der Waals surface area contributed by atoms with Gasteiger partial charge in [0.2, 0.25) is 0 Å². The maximum absolute atomic E-state index is 9.02. The van der Waals surface area contributed by atoms with E-state index in [2.05, 4.69) is 22.5 Å². The highest BCUT2D eigenvalue weighted by Gasteiger charge is 2.10. The van der Waals surface area contributed by atoms with Gasteiger partial charge in [-0.1, -0.05) is 24.3 Å². The zero-order valence-corrected chi connectivity index (χ0v) is 14.0. The molecule has 0 saturated heterocycles. The number of aliphatic hydroxyl groups excluding tert-OH is 1. The van der Waals surface area contributed by atoms with Crippen molar-refractivity contribution in [1.82, 2.24) is 4.98 Å². The van der Waals surface area contributed by atoms with Gasteiger partial charge in [-0.15, -0.1) is 11.3 Å². The molecule has 21 heavy (non-hydrogen) atoms. The third kappa shape index (κ3) is 5.11. The number of hydrogen-bond acceptors (Lipinski definition) is 5. The summed E-state index contributed by atoms with van der Waals surface area (Å²) >= 11 is 3.52. The predicted molar refractivity (Wildman–Crippen MR) is 89.5 cm³/mol. The number of nitrogens with zero attached hydrogens (tertiary/aromatic N) is 1. The van der Waals surface area contributed by atoms with Gasteiger partial charge in [0.05, 0.1) is 12.3 Å². The average Bonchev–Trinajstić information content (AvgIpc) is 2.97. The van der Waals surface area contributed by atoms with Crippen molar-refractivity contribution >= 4 is 23.1 Å². The molecule has 114 valence electrons. The van der Waals surface area contributed by atoms with Crippen molar-refractivity contribution in [1.29, 1.82) is 0 Å². The Bertz CT molecular complexity index is 539. The van der Waals surface area contributed by atoms with Crippen LogP contribution in [0.4, 0.5) is 0 Å². The molecule has 1 aromatic heterocycles. The van der Waals surface area contributed by atoms with E-state index < -0.39 is 0 Å². The molecule has 0 aliphatic carbocycles. The molecule has 5 heteroatoms. The van der Waals surface area contributed by atoms with Crippen molar-refractivity contribution in [2.24, 2.45) is 0 Å². The highest BCUT2D eigenvalue weighted by Crippen LogP contribution is 2.24. The fourth-order valence-corrected chi connectivity index (χ4v) is 3.73. The molecule has 1 atom stereocenters. The molecule has 0 saturated carbocycles. The third-order valence-corrected chi connectivity index (χ3v) is 5.15. The molecule has 0 aliphatic heterocycles. The molecule has 3 nitrogen and oxygen atoms in total. The van der Waals surface area contributed by atoms with Crippen molar-refractivity contribution < 1.29 is 9.84 Å². The number of ether oxygens (including phenoxy) is 1. The lowest BCUT2D eigenvalue weighted by molar-refractivity contribution is 0.0761. The summed E-state index contributed by atoms with van der Waals surface area (Å²) < 4.78 is 5.56. The molecule has 0 bridgehead atoms. The van der Waals surface area contributed by atoms with E-state index in [-0.39, 0.29) is 12.7 Å². The van der Waals surface area contributed by atoms with Crippen LogP contribution in [-0.4, -0.2) is 16.7 Å². The average molecular weight is 323 g/mol. The van der Waals surface area contributed by atoms with Gasteiger partial charge in [0, 0.05) is 23.5 Å². The first kappa shape index (κ1) is 16.5. The number of thioether (sulfide) groups is 1. The van der Waals surface area contributed by atoms with Crippen LogP contribution in [0.1, 0.15) is 41.8 Å². The molecule has 1 unspecified atom stereocenters. The molecule has 0 amide bonds. The first-order valence-corrected chi connectivity index (χ1v) is 9.08. The number of hydrogen-bond donors (Lipinski definition) is 1. The van der Waals surface area contributed by atoms with E-state index in [4.69, 9.17) is 9.84 Å². The number of benzene rings is 1. The largest absolute Gasteiger partial charge is 0.392 e. The predicted octanol–water partition coefficient (Wildman–Crippen LogP) is 4.17. The summed E-state index contributed by atoms with van der Waals surface area (Å²) in [6, 6.07) is 8.09. The highest BCUT2D eigenvalue weighted by molar-refractivity contribution is 7.97. The molecule has 1 N–H and O–H groups in total. The summed E-state index contributed by atoms with van der Waals surface area (Å²) in [7, 11) is 0. The van der Waals surface area contributed by atoms with Gasteiger partial charge in [-0.2, -0.15) is 11.8 Å². The van der Waals surface area contributed by atoms with Crippen LogP contribution in [0.15, 0.2) is 29.6 Å². The second-order valence-corrected chi connectivity index (χ2v) is 6.62. The van der Waals surface area contributed by atoms with Crippen LogP contribution in [0, 0.1) is 0 Å². The molecule has 0 fully saturated rings. The number of thiazole rings is 1. The van der Waals surface area contributed by atoms with Crippen molar-refractivity contribution in [3.63, 3.8) is 0 Å². The quantitative estimate of drug-likeness (QED) is 0.792. The van der Waals surface area contributed by atoms with Crippen LogP contribution in [-0.2, 0) is 22.8 Å². The summed E-state index contributed by atoms with van der Waals surface area (Å²) in [4.78, 5) is 4.63. The van der Waals surface area contributed by atoms with Crippen LogP contribution in [0.2, 0.25) is 0 Å². The van der Waals surface area contributed by atoms with Crippen LogP contribution in [0.25, 0.3) is 0 Å². The second kappa shape index (κ2) is 8.54. The molecule has 0 aliphatic rings. The summed E-state index contributed by atoms with van der Waals surface area (Å²) in [5.41, 5.74) is 3.35. The van der Waals surface area contributed by atoms with E-state index in [1.807, 2.05) is 37.7 Å². The first-order chi connectivity index (χ1) is 10.2. The van der Waals surface area contributed by atoms with E-state index in [1.54, 1.807) is 11.3 Å². The minimum Gasteiger partial charge on any atom is -0.392 e. The Morgan fingerprint density at radius 3 is 2.62 bits per heavy atom. The van der Waals surface area contributed by atoms with Gasteiger partial charge < -0.3 is 9.84 Å². The third-order valence-electron chi connectivity index (χ3n) is 3.06. The summed E-state index contributed by atoms with van der Waals surface area (Å²) in [5.74, 6) is 1.87. The Morgan fingerprint density at radius 2 is 1.95 bits per heavy atom. The van der Waals surface area contributed by atoms with Crippen molar-refractivity contribution in [3.05, 3.63) is 51.5 Å². The Hall–Kier alpha value is -0.880. The van der Waals surface area contributed by atoms with Crippen molar-refractivity contribution in [3.8, 4) is 0 Å². The van der Waals surface area contributed by atoms with Crippen molar-refractivity contribution in [2.75, 3.05) is 6.61 Å². The lowest BCUT2D eigenvalue weighted by Crippen LogP contribution is -1.98. The molecule has 1 aromatic carbocycles. The van der Waals surface area contributed by atoms with Crippen molar-refractivity contribution in [2.45, 2.75) is 38.1 Å². The number of aliphatic hydroxyl groups is 1. The monoisotopic (exact) mass is 323 g/mol. The molecule has 1 heterocycles. The maximum Gasteiger partial charge on any atom is 0.122 e. The fourth-order valence-electron chi connectivity index (χ4n) is 1.91. The Labute approximate surface area is 134 Å². The van der Waals surface area contributed by atoms with Crippen LogP contribution in [0.5, 0.6) is 0 Å². The Kier molecular flexibility index (Phi) is 6.70. The minimum atomic E-state index is 0.0878. The van der Waals surface area contributed by atoms with Crippen LogP contribution < -0.4 is 0 Å². The zero-order valence-electron chi connectivity index (χ0n) is 12.4. The van der Waals surface area contributed by atoms with E-state index in [9.17, 15) is 0 Å². The van der Waals surface area contributed by atoms with E-state index in [0.29, 0.717) is 6.61 Å². The molecular formula is C16H21NO2S2. The minimum absolute atomic E-state index is 0.0878. The zero-order chi connectivity index (χ0) is 15.1. The second-order valence-electron chi connectivity index (χ2n) is 4.74. The molecule has 2 rings (SSSR count). The van der Waals surface area contributed by atoms with E-state index in [1.165, 1.54) is 5.56 Å². The molecule has 0 spiro atoms. The van der Waals surface area contributed by atoms with Crippen LogP contribution in [0.3, 0.4) is 0 Å². The lowest BCUT2D eigenvalue weighted by Gasteiger charge is -2.07. The van der Waals surface area contributed by atoms with E-state index >= 15 is 0 Å². The molecule has 2 aromatic rings. The Morgan fingerprint density at radius 1 is 1.24 bits per heavy atom. The highest BCUT2D eigenvalue weighted by atomic mass is 32.2. The Balaban J connectivity index is 1.80. The molecule has 0 radical (unpaired) electrons. The topological polar surface area (TPSA) is 42.4 Å². The normalized spacial score (nSPS) is 12.5. The lowest BCUT2D eigenvalue weighted by atomic mass is 10.2. The van der Waals surface area contributed by atoms with Gasteiger partial charge in [-0.25, -0.2) is 4.98 Å². The molecular weight excluding hydrogens is 302 g/mol. The van der Waals surface area contributed by atoms with Gasteiger partial charge in [0.15, 0.2) is 0 Å². The van der Waals surface area contributed by atoms with Gasteiger partial charge >= 0.3 is 0 Å². The summed E-state index contributed by atoms with van der Waals surface area (Å²) in [6.45, 7) is 4.87. The number of rotatable bonds is 8.